The lowest BCUT2D eigenvalue weighted by Crippen LogP contribution is -1.91. The van der Waals surface area contributed by atoms with Gasteiger partial charge in [-0.2, -0.15) is 0 Å². The molecule has 4 rings (SSSR count). The average molecular weight is 391 g/mol. The zero-order valence-electron chi connectivity index (χ0n) is 16.7. The second-order valence-electron chi connectivity index (χ2n) is 6.32. The lowest BCUT2D eigenvalue weighted by atomic mass is 10.1. The van der Waals surface area contributed by atoms with Crippen molar-refractivity contribution in [2.75, 3.05) is 28.4 Å². The first-order valence-electron chi connectivity index (χ1n) is 9.01. The summed E-state index contributed by atoms with van der Waals surface area (Å²) in [4.78, 5) is 4.46. The Labute approximate surface area is 168 Å². The van der Waals surface area contributed by atoms with E-state index in [-0.39, 0.29) is 0 Å². The van der Waals surface area contributed by atoms with Crippen LogP contribution in [0.1, 0.15) is 0 Å². The van der Waals surface area contributed by atoms with Crippen LogP contribution >= 0.6 is 0 Å². The number of hydrogen-bond donors (Lipinski definition) is 0. The van der Waals surface area contributed by atoms with Gasteiger partial charge in [0.15, 0.2) is 28.6 Å². The maximum Gasteiger partial charge on any atom is 0.161 e. The van der Waals surface area contributed by atoms with E-state index in [2.05, 4.69) is 4.98 Å². The fourth-order valence-electron chi connectivity index (χ4n) is 3.30. The first-order chi connectivity index (χ1) is 14.2. The zero-order chi connectivity index (χ0) is 20.4. The zero-order valence-corrected chi connectivity index (χ0v) is 16.7. The van der Waals surface area contributed by atoms with Crippen LogP contribution in [-0.4, -0.2) is 33.4 Å². The number of ether oxygens (including phenoxy) is 4. The molecule has 148 valence electrons. The van der Waals surface area contributed by atoms with Crippen LogP contribution in [0.15, 0.2) is 59.1 Å². The molecule has 6 heteroatoms. The smallest absolute Gasteiger partial charge is 0.161 e. The van der Waals surface area contributed by atoms with E-state index in [9.17, 15) is 0 Å². The molecule has 0 unspecified atom stereocenters. The van der Waals surface area contributed by atoms with Crippen molar-refractivity contribution in [1.82, 2.24) is 4.98 Å². The van der Waals surface area contributed by atoms with Crippen molar-refractivity contribution in [1.29, 1.82) is 0 Å². The van der Waals surface area contributed by atoms with E-state index in [1.54, 1.807) is 34.6 Å². The van der Waals surface area contributed by atoms with E-state index in [4.69, 9.17) is 23.4 Å². The molecule has 0 saturated heterocycles. The van der Waals surface area contributed by atoms with Gasteiger partial charge in [-0.1, -0.05) is 6.07 Å². The van der Waals surface area contributed by atoms with Gasteiger partial charge in [-0.05, 0) is 42.0 Å². The summed E-state index contributed by atoms with van der Waals surface area (Å²) >= 11 is 0. The number of fused-ring (bicyclic) bond motifs is 1. The molecule has 0 amide bonds. The largest absolute Gasteiger partial charge is 0.493 e. The van der Waals surface area contributed by atoms with Gasteiger partial charge in [0.1, 0.15) is 11.3 Å². The summed E-state index contributed by atoms with van der Waals surface area (Å²) in [5, 5.41) is 0. The Morgan fingerprint density at radius 3 is 1.86 bits per heavy atom. The number of pyridine rings is 1. The third-order valence-electron chi connectivity index (χ3n) is 4.77. The second-order valence-corrected chi connectivity index (χ2v) is 6.32. The maximum atomic E-state index is 6.21. The monoisotopic (exact) mass is 391 g/mol. The predicted molar refractivity (Wildman–Crippen MR) is 111 cm³/mol. The summed E-state index contributed by atoms with van der Waals surface area (Å²) in [6, 6.07) is 15.3. The van der Waals surface area contributed by atoms with Crippen LogP contribution in [0.2, 0.25) is 0 Å². The third-order valence-corrected chi connectivity index (χ3v) is 4.77. The molecule has 0 aliphatic rings. The standard InChI is InChI=1S/C23H21NO5/c1-25-18-7-5-14(11-21(18)27-3)16-9-10-24-17-13-20(29-23(16)17)15-6-8-19(26-2)22(12-15)28-4/h5-13H,1-4H3. The van der Waals surface area contributed by atoms with E-state index >= 15 is 0 Å². The molecule has 0 fully saturated rings. The number of nitrogens with zero attached hydrogens (tertiary/aromatic N) is 1. The van der Waals surface area contributed by atoms with Crippen LogP contribution in [-0.2, 0) is 0 Å². The summed E-state index contributed by atoms with van der Waals surface area (Å²) < 4.78 is 27.7. The summed E-state index contributed by atoms with van der Waals surface area (Å²) in [6.45, 7) is 0. The van der Waals surface area contributed by atoms with E-state index in [1.807, 2.05) is 48.5 Å². The quantitative estimate of drug-likeness (QED) is 0.450. The van der Waals surface area contributed by atoms with Gasteiger partial charge in [-0.15, -0.1) is 0 Å². The fraction of sp³-hybridized carbons (Fsp3) is 0.174. The number of benzene rings is 2. The summed E-state index contributed by atoms with van der Waals surface area (Å²) in [7, 11) is 6.45. The normalized spacial score (nSPS) is 10.8. The SMILES string of the molecule is COc1ccc(-c2cc3nccc(-c4ccc(OC)c(OC)c4)c3o2)cc1OC. The Kier molecular flexibility index (Phi) is 4.99. The molecule has 0 N–H and O–H groups in total. The summed E-state index contributed by atoms with van der Waals surface area (Å²) in [6.07, 6.45) is 1.77. The van der Waals surface area contributed by atoms with E-state index in [0.29, 0.717) is 34.3 Å². The van der Waals surface area contributed by atoms with Crippen LogP contribution < -0.4 is 18.9 Å². The highest BCUT2D eigenvalue weighted by Gasteiger charge is 2.15. The van der Waals surface area contributed by atoms with Gasteiger partial charge in [0.05, 0.1) is 28.4 Å². The summed E-state index contributed by atoms with van der Waals surface area (Å²) in [5.74, 6) is 3.32. The van der Waals surface area contributed by atoms with Gasteiger partial charge in [0.25, 0.3) is 0 Å². The molecule has 6 nitrogen and oxygen atoms in total. The Hall–Kier alpha value is -3.67. The van der Waals surface area contributed by atoms with Crippen molar-refractivity contribution in [3.63, 3.8) is 0 Å². The molecule has 0 aliphatic carbocycles. The van der Waals surface area contributed by atoms with Gasteiger partial charge in [0, 0.05) is 23.4 Å². The van der Waals surface area contributed by atoms with Crippen molar-refractivity contribution >= 4 is 11.1 Å². The molecular formula is C23H21NO5. The number of furan rings is 1. The first-order valence-corrected chi connectivity index (χ1v) is 9.01. The Bertz CT molecular complexity index is 1170. The molecule has 2 aromatic carbocycles. The van der Waals surface area contributed by atoms with Crippen molar-refractivity contribution in [2.24, 2.45) is 0 Å². The minimum Gasteiger partial charge on any atom is -0.493 e. The molecule has 29 heavy (non-hydrogen) atoms. The fourth-order valence-corrected chi connectivity index (χ4v) is 3.30. The van der Waals surface area contributed by atoms with Crippen LogP contribution in [0.3, 0.4) is 0 Å². The lowest BCUT2D eigenvalue weighted by Gasteiger charge is -2.10. The molecule has 0 atom stereocenters. The van der Waals surface area contributed by atoms with Crippen LogP contribution in [0, 0.1) is 0 Å². The molecule has 0 aliphatic heterocycles. The van der Waals surface area contributed by atoms with Crippen molar-refractivity contribution < 1.29 is 23.4 Å². The maximum absolute atomic E-state index is 6.21. The van der Waals surface area contributed by atoms with E-state index in [0.717, 1.165) is 22.2 Å². The minimum atomic E-state index is 0.638. The van der Waals surface area contributed by atoms with E-state index in [1.165, 1.54) is 0 Å². The molecule has 0 bridgehead atoms. The lowest BCUT2D eigenvalue weighted by molar-refractivity contribution is 0.355. The van der Waals surface area contributed by atoms with Gasteiger partial charge in [-0.3, -0.25) is 4.98 Å². The van der Waals surface area contributed by atoms with Crippen LogP contribution in [0.5, 0.6) is 23.0 Å². The molecule has 4 aromatic rings. The number of hydrogen-bond acceptors (Lipinski definition) is 6. The van der Waals surface area contributed by atoms with Gasteiger partial charge in [0.2, 0.25) is 0 Å². The Balaban J connectivity index is 1.83. The predicted octanol–water partition coefficient (Wildman–Crippen LogP) is 5.20. The highest BCUT2D eigenvalue weighted by atomic mass is 16.5. The Morgan fingerprint density at radius 1 is 0.655 bits per heavy atom. The Morgan fingerprint density at radius 2 is 1.24 bits per heavy atom. The molecule has 2 heterocycles. The van der Waals surface area contributed by atoms with Gasteiger partial charge >= 0.3 is 0 Å². The van der Waals surface area contributed by atoms with E-state index < -0.39 is 0 Å². The van der Waals surface area contributed by atoms with Crippen molar-refractivity contribution in [3.05, 3.63) is 54.7 Å². The molecular weight excluding hydrogens is 370 g/mol. The van der Waals surface area contributed by atoms with Gasteiger partial charge < -0.3 is 23.4 Å². The highest BCUT2D eigenvalue weighted by molar-refractivity contribution is 5.92. The number of methoxy groups -OCH3 is 4. The topological polar surface area (TPSA) is 63.0 Å². The first kappa shape index (κ1) is 18.7. The van der Waals surface area contributed by atoms with Crippen LogP contribution in [0.4, 0.5) is 0 Å². The summed E-state index contributed by atoms with van der Waals surface area (Å²) in [5.41, 5.74) is 4.21. The average Bonchev–Trinajstić information content (AvgIpc) is 3.22. The molecule has 0 spiro atoms. The van der Waals surface area contributed by atoms with Gasteiger partial charge in [-0.25, -0.2) is 0 Å². The van der Waals surface area contributed by atoms with Crippen molar-refractivity contribution in [3.8, 4) is 45.4 Å². The number of rotatable bonds is 6. The second kappa shape index (κ2) is 7.75. The highest BCUT2D eigenvalue weighted by Crippen LogP contribution is 2.39. The van der Waals surface area contributed by atoms with Crippen molar-refractivity contribution in [2.45, 2.75) is 0 Å². The molecule has 2 aromatic heterocycles. The third kappa shape index (κ3) is 3.33. The minimum absolute atomic E-state index is 0.638. The molecule has 0 saturated carbocycles. The number of aromatic nitrogens is 1. The molecule has 0 radical (unpaired) electrons. The van der Waals surface area contributed by atoms with Crippen LogP contribution in [0.25, 0.3) is 33.6 Å².